The Balaban J connectivity index is 0. The molecule has 0 aliphatic heterocycles. The Kier molecular flexibility index (Phi) is 26.9. The van der Waals surface area contributed by atoms with Crippen LogP contribution in [-0.2, 0) is 10.1 Å². The number of rotatable bonds is 23. The van der Waals surface area contributed by atoms with Crippen molar-refractivity contribution in [3.63, 3.8) is 0 Å². The normalized spacial score (nSPS) is 12.6. The van der Waals surface area contributed by atoms with Crippen molar-refractivity contribution in [2.24, 2.45) is 0 Å². The van der Waals surface area contributed by atoms with E-state index in [9.17, 15) is 18.1 Å². The number of unbranched alkanes of at least 4 members (excludes halogenated alkanes) is 16. The largest absolute Gasteiger partial charge is 1.00 e. The zero-order valence-electron chi connectivity index (χ0n) is 20.0. The van der Waals surface area contributed by atoms with E-state index in [4.69, 9.17) is 0 Å². The van der Waals surface area contributed by atoms with Crippen molar-refractivity contribution in [1.29, 1.82) is 0 Å². The van der Waals surface area contributed by atoms with Crippen LogP contribution in [0.2, 0.25) is 0 Å². The molecule has 0 rings (SSSR count). The number of aliphatic hydroxyl groups is 1. The number of nitrogens with one attached hydrogen (secondary N) is 1. The topological polar surface area (TPSA) is 89.5 Å². The van der Waals surface area contributed by atoms with Crippen LogP contribution in [0.5, 0.6) is 0 Å². The van der Waals surface area contributed by atoms with Crippen LogP contribution in [0.25, 0.3) is 0 Å². The summed E-state index contributed by atoms with van der Waals surface area (Å²) >= 11 is 0. The van der Waals surface area contributed by atoms with Gasteiger partial charge in [-0.05, 0) is 6.42 Å². The summed E-state index contributed by atoms with van der Waals surface area (Å²) in [6.45, 7) is 2.74. The van der Waals surface area contributed by atoms with Gasteiger partial charge in [-0.3, -0.25) is 0 Å². The summed E-state index contributed by atoms with van der Waals surface area (Å²) in [4.78, 5) is 0. The first-order valence-electron chi connectivity index (χ1n) is 12.3. The van der Waals surface area contributed by atoms with E-state index in [0.29, 0.717) is 6.54 Å². The van der Waals surface area contributed by atoms with Crippen LogP contribution >= 0.6 is 0 Å². The number of hydrogen-bond acceptors (Lipinski definition) is 5. The Morgan fingerprint density at radius 3 is 1.47 bits per heavy atom. The van der Waals surface area contributed by atoms with Gasteiger partial charge in [0.2, 0.25) is 0 Å². The van der Waals surface area contributed by atoms with E-state index in [1.165, 1.54) is 96.3 Å². The molecule has 0 aromatic carbocycles. The molecule has 1 unspecified atom stereocenters. The van der Waals surface area contributed by atoms with Gasteiger partial charge in [0.15, 0.2) is 0 Å². The first-order valence-corrected chi connectivity index (χ1v) is 13.9. The SMILES string of the molecule is CCCCCCCCCCCCCCCCCCCC(O)CNCCS(=O)(=O)[O-].[Na+]. The third-order valence-electron chi connectivity index (χ3n) is 5.55. The van der Waals surface area contributed by atoms with E-state index < -0.39 is 22.0 Å². The molecular weight excluding hydrogens is 409 g/mol. The molecule has 0 aliphatic carbocycles. The molecule has 5 nitrogen and oxygen atoms in total. The maximum atomic E-state index is 10.5. The van der Waals surface area contributed by atoms with Gasteiger partial charge in [-0.25, -0.2) is 8.42 Å². The Bertz CT molecular complexity index is 435. The van der Waals surface area contributed by atoms with Crippen molar-refractivity contribution in [3.8, 4) is 0 Å². The van der Waals surface area contributed by atoms with Crippen LogP contribution < -0.4 is 34.9 Å². The first-order chi connectivity index (χ1) is 14.0. The molecule has 1 atom stereocenters. The van der Waals surface area contributed by atoms with Crippen molar-refractivity contribution in [2.75, 3.05) is 18.8 Å². The monoisotopic (exact) mass is 457 g/mol. The molecule has 0 aliphatic rings. The Labute approximate surface area is 209 Å². The molecule has 7 heteroatoms. The third-order valence-corrected chi connectivity index (χ3v) is 6.25. The molecule has 0 fully saturated rings. The van der Waals surface area contributed by atoms with Gasteiger partial charge in [-0.2, -0.15) is 0 Å². The maximum Gasteiger partial charge on any atom is 1.00 e. The summed E-state index contributed by atoms with van der Waals surface area (Å²) in [6, 6.07) is 0. The summed E-state index contributed by atoms with van der Waals surface area (Å²) in [6.07, 6.45) is 23.1. The minimum Gasteiger partial charge on any atom is -0.748 e. The molecule has 0 amide bonds. The van der Waals surface area contributed by atoms with E-state index in [0.717, 1.165) is 19.3 Å². The van der Waals surface area contributed by atoms with Crippen LogP contribution in [0.15, 0.2) is 0 Å². The zero-order valence-corrected chi connectivity index (χ0v) is 22.8. The van der Waals surface area contributed by atoms with Gasteiger partial charge in [0.25, 0.3) is 0 Å². The molecule has 2 N–H and O–H groups in total. The van der Waals surface area contributed by atoms with E-state index in [1.54, 1.807) is 0 Å². The average molecular weight is 458 g/mol. The second-order valence-corrected chi connectivity index (χ2v) is 10.1. The summed E-state index contributed by atoms with van der Waals surface area (Å²) in [5.74, 6) is -0.418. The van der Waals surface area contributed by atoms with Crippen molar-refractivity contribution in [3.05, 3.63) is 0 Å². The molecule has 0 saturated carbocycles. The van der Waals surface area contributed by atoms with E-state index in [1.807, 2.05) is 0 Å². The molecule has 0 saturated heterocycles. The first kappa shape index (κ1) is 33.0. The average Bonchev–Trinajstić information content (AvgIpc) is 2.67. The van der Waals surface area contributed by atoms with Gasteiger partial charge in [-0.1, -0.05) is 116 Å². The quantitative estimate of drug-likeness (QED) is 0.140. The van der Waals surface area contributed by atoms with Crippen LogP contribution in [0.3, 0.4) is 0 Å². The summed E-state index contributed by atoms with van der Waals surface area (Å²) in [5.41, 5.74) is 0. The van der Waals surface area contributed by atoms with Crippen molar-refractivity contribution in [1.82, 2.24) is 5.32 Å². The maximum absolute atomic E-state index is 10.5. The minimum absolute atomic E-state index is 0. The van der Waals surface area contributed by atoms with Gasteiger partial charge in [0, 0.05) is 13.1 Å². The van der Waals surface area contributed by atoms with E-state index >= 15 is 0 Å². The van der Waals surface area contributed by atoms with Crippen molar-refractivity contribution in [2.45, 2.75) is 129 Å². The third kappa shape index (κ3) is 28.8. The van der Waals surface area contributed by atoms with Crippen LogP contribution in [0, 0.1) is 0 Å². The Morgan fingerprint density at radius 1 is 0.733 bits per heavy atom. The van der Waals surface area contributed by atoms with Gasteiger partial charge in [0.05, 0.1) is 22.0 Å². The molecule has 0 aromatic rings. The van der Waals surface area contributed by atoms with E-state index in [2.05, 4.69) is 12.2 Å². The van der Waals surface area contributed by atoms with Crippen molar-refractivity contribution < 1.29 is 47.6 Å². The van der Waals surface area contributed by atoms with Gasteiger partial charge >= 0.3 is 29.6 Å². The second kappa shape index (κ2) is 24.5. The van der Waals surface area contributed by atoms with Gasteiger partial charge < -0.3 is 15.0 Å². The molecule has 0 spiro atoms. The Morgan fingerprint density at radius 2 is 1.10 bits per heavy atom. The van der Waals surface area contributed by atoms with Crippen LogP contribution in [0.4, 0.5) is 0 Å². The minimum atomic E-state index is -4.16. The van der Waals surface area contributed by atoms with Crippen LogP contribution in [0.1, 0.15) is 122 Å². The zero-order chi connectivity index (χ0) is 21.6. The number of hydrogen-bond donors (Lipinski definition) is 2. The summed E-state index contributed by atoms with van der Waals surface area (Å²) in [5, 5.41) is 12.6. The van der Waals surface area contributed by atoms with Gasteiger partial charge in [-0.15, -0.1) is 0 Å². The fraction of sp³-hybridized carbons (Fsp3) is 1.00. The molecule has 0 bridgehead atoms. The van der Waals surface area contributed by atoms with E-state index in [-0.39, 0.29) is 36.1 Å². The molecule has 0 aromatic heterocycles. The smallest absolute Gasteiger partial charge is 0.748 e. The predicted octanol–water partition coefficient (Wildman–Crippen LogP) is 2.53. The number of aliphatic hydroxyl groups excluding tert-OH is 1. The standard InChI is InChI=1S/C23H49NO4S.Na/c1-2-3-4-5-6-7-8-9-10-11-12-13-14-15-16-17-18-19-23(25)22-24-20-21-29(26,27)28;/h23-25H,2-22H2,1H3,(H,26,27,28);/q;+1/p-1. The molecule has 30 heavy (non-hydrogen) atoms. The van der Waals surface area contributed by atoms with Crippen LogP contribution in [-0.4, -0.2) is 43.0 Å². The second-order valence-electron chi connectivity index (χ2n) is 8.57. The molecule has 0 heterocycles. The van der Waals surface area contributed by atoms with Crippen molar-refractivity contribution >= 4 is 10.1 Å². The fourth-order valence-electron chi connectivity index (χ4n) is 3.67. The summed E-state index contributed by atoms with van der Waals surface area (Å²) in [7, 11) is -4.16. The predicted molar refractivity (Wildman–Crippen MR) is 122 cm³/mol. The molecule has 176 valence electrons. The molecule has 0 radical (unpaired) electrons. The molecular formula is C23H48NNaO4S. The Hall–Kier alpha value is 0.830. The fourth-order valence-corrected chi connectivity index (χ4v) is 4.07. The van der Waals surface area contributed by atoms with Gasteiger partial charge in [0.1, 0.15) is 0 Å². The summed E-state index contributed by atoms with van der Waals surface area (Å²) < 4.78 is 31.4.